The number of hydrogen-bond donors (Lipinski definition) is 0. The highest BCUT2D eigenvalue weighted by atomic mass is 28.4. The molecule has 3 heterocycles. The third-order valence-corrected chi connectivity index (χ3v) is 22.3. The Kier molecular flexibility index (Phi) is 16.0. The van der Waals surface area contributed by atoms with Gasteiger partial charge in [-0.25, -0.2) is 19.2 Å². The van der Waals surface area contributed by atoms with Gasteiger partial charge in [0.25, 0.3) is 0 Å². The van der Waals surface area contributed by atoms with E-state index in [1.807, 2.05) is 41.5 Å². The topological polar surface area (TPSA) is 224 Å². The first-order valence-electron chi connectivity index (χ1n) is 27.6. The van der Waals surface area contributed by atoms with Gasteiger partial charge in [-0.1, -0.05) is 73.6 Å². The van der Waals surface area contributed by atoms with Gasteiger partial charge in [0.05, 0.1) is 49.9 Å². The fourth-order valence-electron chi connectivity index (χ4n) is 13.8. The molecule has 3 aliphatic carbocycles. The van der Waals surface area contributed by atoms with E-state index in [1.54, 1.807) is 97.0 Å². The summed E-state index contributed by atoms with van der Waals surface area (Å²) in [6.07, 6.45) is -9.69. The number of rotatable bonds is 14. The first-order chi connectivity index (χ1) is 37.4. The summed E-state index contributed by atoms with van der Waals surface area (Å²) in [6.45, 7) is 25.5. The normalized spacial score (nSPS) is 31.6. The molecule has 2 aromatic carbocycles. The number of hydrogen-bond acceptors (Lipinski definition) is 18. The van der Waals surface area contributed by atoms with Crippen LogP contribution in [0.5, 0.6) is 11.5 Å². The van der Waals surface area contributed by atoms with Crippen LogP contribution in [-0.2, 0) is 66.3 Å². The summed E-state index contributed by atoms with van der Waals surface area (Å²) in [4.78, 5) is 106. The van der Waals surface area contributed by atoms with Crippen LogP contribution < -0.4 is 9.47 Å². The fraction of sp³-hybridized carbons (Fsp3) is 0.617. The highest BCUT2D eigenvalue weighted by Gasteiger charge is 2.81. The SMILES string of the molecule is CC[Si](CC)(CC)O[C@H]1C[C@H]2OC[C@@]2(OC(C)=O)[C@H]2[C@H](OC(=O)c3ccccc3)[C@]34OC(=O)C=C3[C@H](OC(=O)[C@@H]3OC(c5ccc(OC)cc5OC)N(C(=O)OC(C)(C)C)[C@@H]3C(C)(C)C)C(C)=C([C@@H](OC(C)=O)C(=O)[C@]12C)C4(C)C. The first kappa shape index (κ1) is 60.0. The van der Waals surface area contributed by atoms with Crippen LogP contribution in [-0.4, -0.2) is 135 Å². The minimum absolute atomic E-state index is 0.00567. The molecular formula is C60H79NO18Si. The average molecular weight is 1130 g/mol. The molecular weight excluding hydrogens is 1050 g/mol. The molecule has 2 saturated carbocycles. The van der Waals surface area contributed by atoms with E-state index in [0.717, 1.165) is 0 Å². The number of ether oxygens (including phenoxy) is 10. The summed E-state index contributed by atoms with van der Waals surface area (Å²) in [7, 11) is 0.219. The molecule has 436 valence electrons. The molecule has 2 saturated heterocycles. The Labute approximate surface area is 469 Å². The lowest BCUT2D eigenvalue weighted by Crippen LogP contribution is -2.82. The van der Waals surface area contributed by atoms with E-state index in [1.165, 1.54) is 39.0 Å². The maximum absolute atomic E-state index is 16.8. The number of benzene rings is 2. The van der Waals surface area contributed by atoms with Crippen LogP contribution in [0.15, 0.2) is 71.3 Å². The monoisotopic (exact) mass is 1130 g/mol. The summed E-state index contributed by atoms with van der Waals surface area (Å²) in [5.74, 6) is -5.86. The van der Waals surface area contributed by atoms with E-state index >= 15 is 14.4 Å². The Morgan fingerprint density at radius 2 is 1.48 bits per heavy atom. The van der Waals surface area contributed by atoms with Gasteiger partial charge in [-0.2, -0.15) is 0 Å². The van der Waals surface area contributed by atoms with Crippen LogP contribution in [0, 0.1) is 22.2 Å². The molecule has 3 aliphatic heterocycles. The van der Waals surface area contributed by atoms with Gasteiger partial charge in [0.2, 0.25) is 0 Å². The number of Topliss-reactive ketones (excluding diaryl/α,β-unsaturated/α-hetero) is 1. The maximum atomic E-state index is 16.8. The van der Waals surface area contributed by atoms with Crippen molar-refractivity contribution in [2.24, 2.45) is 22.2 Å². The zero-order chi connectivity index (χ0) is 59.0. The predicted molar refractivity (Wildman–Crippen MR) is 290 cm³/mol. The summed E-state index contributed by atoms with van der Waals surface area (Å²) in [5, 5.41) is 0. The van der Waals surface area contributed by atoms with Gasteiger partial charge in [0.1, 0.15) is 29.3 Å². The second kappa shape index (κ2) is 21.3. The first-order valence-corrected chi connectivity index (χ1v) is 30.1. The number of amides is 1. The third kappa shape index (κ3) is 9.72. The van der Waals surface area contributed by atoms with Gasteiger partial charge in [0.15, 0.2) is 49.8 Å². The standard InChI is InChI=1S/C60H79NO18Si/c1-18-80(19-2,20-3)79-40-30-41-59(31-71-41,76-34(6)63)47-50(75-52(66)35-24-22-21-23-25-35)60-38(29-42(64)77-60)44(32(4)43(57(60,13)14)45(72-33(5)62)49(65)58(40,47)15)74-53(67)46-48(55(7,8)9)61(54(68)78-56(10,11)12)51(73-46)37-27-26-36(69-16)28-39(37)70-17/h21-29,40-41,44-48,50-51H,18-20,30-31H2,1-17H3/t40-,41+,44+,45+,46+,47-,48-,50-,51?,58+,59-,60+/m0/s1. The average Bonchev–Trinajstić information content (AvgIpc) is 1.83. The molecule has 4 fully saturated rings. The summed E-state index contributed by atoms with van der Waals surface area (Å²) in [5.41, 5.74) is -8.84. The van der Waals surface area contributed by atoms with Gasteiger partial charge >= 0.3 is 35.9 Å². The van der Waals surface area contributed by atoms with Crippen molar-refractivity contribution in [3.8, 4) is 11.5 Å². The Morgan fingerprint density at radius 3 is 2.01 bits per heavy atom. The number of methoxy groups -OCH3 is 2. The van der Waals surface area contributed by atoms with Gasteiger partial charge in [-0.15, -0.1) is 0 Å². The summed E-state index contributed by atoms with van der Waals surface area (Å²) in [6, 6.07) is 13.9. The molecule has 1 amide bonds. The lowest BCUT2D eigenvalue weighted by molar-refractivity contribution is -0.341. The smallest absolute Gasteiger partial charge is 0.413 e. The van der Waals surface area contributed by atoms with E-state index in [2.05, 4.69) is 0 Å². The van der Waals surface area contributed by atoms with Crippen LogP contribution in [0.2, 0.25) is 18.1 Å². The van der Waals surface area contributed by atoms with Gasteiger partial charge in [-0.3, -0.25) is 19.3 Å². The molecule has 2 bridgehead atoms. The van der Waals surface area contributed by atoms with Crippen molar-refractivity contribution in [2.45, 2.75) is 194 Å². The number of nitrogens with zero attached hydrogens (tertiary/aromatic N) is 1. The second-order valence-electron chi connectivity index (χ2n) is 24.8. The van der Waals surface area contributed by atoms with Crippen LogP contribution in [0.1, 0.15) is 132 Å². The highest BCUT2D eigenvalue weighted by Crippen LogP contribution is 2.68. The van der Waals surface area contributed by atoms with E-state index in [4.69, 9.17) is 51.8 Å². The molecule has 20 heteroatoms. The minimum atomic E-state index is -2.72. The quantitative estimate of drug-likeness (QED) is 0.0744. The molecule has 12 atom stereocenters. The van der Waals surface area contributed by atoms with Crippen molar-refractivity contribution in [3.05, 3.63) is 82.5 Å². The second-order valence-corrected chi connectivity index (χ2v) is 29.5. The molecule has 8 rings (SSSR count). The molecule has 2 aromatic rings. The highest BCUT2D eigenvalue weighted by molar-refractivity contribution is 6.73. The van der Waals surface area contributed by atoms with Crippen LogP contribution in [0.3, 0.4) is 0 Å². The Balaban J connectivity index is 1.40. The van der Waals surface area contributed by atoms with Crippen LogP contribution >= 0.6 is 0 Å². The van der Waals surface area contributed by atoms with E-state index < -0.39 is 138 Å². The molecule has 0 N–H and O–H groups in total. The zero-order valence-corrected chi connectivity index (χ0v) is 50.2. The minimum Gasteiger partial charge on any atom is -0.497 e. The number of carbonyl (C=O) groups excluding carboxylic acids is 7. The van der Waals surface area contributed by atoms with Crippen molar-refractivity contribution in [2.75, 3.05) is 20.8 Å². The Hall–Kier alpha value is -6.09. The van der Waals surface area contributed by atoms with Crippen molar-refractivity contribution >= 4 is 50.0 Å². The fourth-order valence-corrected chi connectivity index (χ4v) is 16.8. The maximum Gasteiger partial charge on any atom is 0.413 e. The Bertz CT molecular complexity index is 2870. The predicted octanol–water partition coefficient (Wildman–Crippen LogP) is 9.10. The van der Waals surface area contributed by atoms with Crippen LogP contribution in [0.4, 0.5) is 4.79 Å². The number of esters is 5. The van der Waals surface area contributed by atoms with Gasteiger partial charge < -0.3 is 51.8 Å². The van der Waals surface area contributed by atoms with Crippen molar-refractivity contribution < 1.29 is 85.4 Å². The molecule has 0 aromatic heterocycles. The number of ketones is 1. The van der Waals surface area contributed by atoms with E-state index in [-0.39, 0.29) is 41.1 Å². The number of carbonyl (C=O) groups is 7. The molecule has 0 radical (unpaired) electrons. The third-order valence-electron chi connectivity index (χ3n) is 17.7. The van der Waals surface area contributed by atoms with Crippen molar-refractivity contribution in [1.29, 1.82) is 0 Å². The van der Waals surface area contributed by atoms with E-state index in [9.17, 15) is 19.2 Å². The van der Waals surface area contributed by atoms with Gasteiger partial charge in [-0.05, 0) is 93.6 Å². The molecule has 1 spiro atoms. The number of fused-ring (bicyclic) bond motifs is 4. The molecule has 6 aliphatic rings. The van der Waals surface area contributed by atoms with Gasteiger partial charge in [0, 0.05) is 49.0 Å². The van der Waals surface area contributed by atoms with Crippen molar-refractivity contribution in [1.82, 2.24) is 4.90 Å². The Morgan fingerprint density at radius 1 is 0.825 bits per heavy atom. The lowest BCUT2D eigenvalue weighted by atomic mass is 9.44. The van der Waals surface area contributed by atoms with Crippen LogP contribution in [0.25, 0.3) is 0 Å². The van der Waals surface area contributed by atoms with E-state index in [0.29, 0.717) is 29.4 Å². The molecule has 80 heavy (non-hydrogen) atoms. The largest absolute Gasteiger partial charge is 0.497 e. The van der Waals surface area contributed by atoms with Crippen molar-refractivity contribution in [3.63, 3.8) is 0 Å². The lowest BCUT2D eigenvalue weighted by Gasteiger charge is -2.68. The molecule has 19 nitrogen and oxygen atoms in total. The summed E-state index contributed by atoms with van der Waals surface area (Å²) < 4.78 is 71.3. The molecule has 1 unspecified atom stereocenters. The summed E-state index contributed by atoms with van der Waals surface area (Å²) >= 11 is 0. The zero-order valence-electron chi connectivity index (χ0n) is 49.2.